The average Bonchev–Trinajstić information content (AvgIpc) is 2.65. The SMILES string of the molecule is CC(=O)O[C@@H]1[C@@H](OC(C)=O)[C@@H](F)O[C@H](COC(=O)c2ccccc2)[C@@H]1OC(C)=O. The standard InChI is InChI=1S/C19H21FO9/c1-10(21)26-15-14(9-25-19(24)13-7-5-4-6-8-13)29-18(20)17(28-12(3)23)16(15)27-11(2)22/h4-8,14-18H,9H2,1-3H3/t14-,15+,16+,17-,18+/m1/s1. The van der Waals surface area contributed by atoms with Gasteiger partial charge in [0.25, 0.3) is 0 Å². The molecule has 1 aliphatic rings. The van der Waals surface area contributed by atoms with E-state index in [1.807, 2.05) is 0 Å². The molecule has 0 spiro atoms. The lowest BCUT2D eigenvalue weighted by atomic mass is 9.98. The number of benzene rings is 1. The molecule has 2 rings (SSSR count). The number of esters is 4. The summed E-state index contributed by atoms with van der Waals surface area (Å²) in [6, 6.07) is 8.01. The van der Waals surface area contributed by atoms with Crippen LogP contribution in [0.2, 0.25) is 0 Å². The average molecular weight is 412 g/mol. The van der Waals surface area contributed by atoms with Gasteiger partial charge in [-0.2, -0.15) is 0 Å². The van der Waals surface area contributed by atoms with Crippen LogP contribution in [0.5, 0.6) is 0 Å². The lowest BCUT2D eigenvalue weighted by Gasteiger charge is -2.41. The monoisotopic (exact) mass is 412 g/mol. The van der Waals surface area contributed by atoms with Crippen LogP contribution < -0.4 is 0 Å². The van der Waals surface area contributed by atoms with Crippen LogP contribution >= 0.6 is 0 Å². The third-order valence-electron chi connectivity index (χ3n) is 3.87. The maximum absolute atomic E-state index is 14.5. The predicted octanol–water partition coefficient (Wildman–Crippen LogP) is 1.33. The highest BCUT2D eigenvalue weighted by Gasteiger charge is 2.52. The minimum Gasteiger partial charge on any atom is -0.459 e. The molecular weight excluding hydrogens is 391 g/mol. The summed E-state index contributed by atoms with van der Waals surface area (Å²) >= 11 is 0. The molecule has 0 bridgehead atoms. The molecule has 1 aliphatic heterocycles. The van der Waals surface area contributed by atoms with E-state index in [0.29, 0.717) is 0 Å². The predicted molar refractivity (Wildman–Crippen MR) is 93.2 cm³/mol. The van der Waals surface area contributed by atoms with Gasteiger partial charge in [0.2, 0.25) is 6.36 Å². The van der Waals surface area contributed by atoms with E-state index in [9.17, 15) is 23.6 Å². The lowest BCUT2D eigenvalue weighted by molar-refractivity contribution is -0.276. The van der Waals surface area contributed by atoms with Crippen molar-refractivity contribution >= 4 is 23.9 Å². The Morgan fingerprint density at radius 3 is 1.93 bits per heavy atom. The molecule has 0 aromatic heterocycles. The fourth-order valence-corrected chi connectivity index (χ4v) is 2.79. The molecule has 0 N–H and O–H groups in total. The number of ether oxygens (including phenoxy) is 5. The number of halogens is 1. The van der Waals surface area contributed by atoms with Crippen molar-refractivity contribution in [3.8, 4) is 0 Å². The lowest BCUT2D eigenvalue weighted by Crippen LogP contribution is -2.61. The number of alkyl halides is 1. The Hall–Kier alpha value is -3.01. The smallest absolute Gasteiger partial charge is 0.338 e. The van der Waals surface area contributed by atoms with Gasteiger partial charge in [-0.15, -0.1) is 0 Å². The summed E-state index contributed by atoms with van der Waals surface area (Å²) in [6.07, 6.45) is -8.06. The quantitative estimate of drug-likeness (QED) is 0.504. The molecule has 29 heavy (non-hydrogen) atoms. The van der Waals surface area contributed by atoms with E-state index in [-0.39, 0.29) is 5.56 Å². The van der Waals surface area contributed by atoms with Crippen LogP contribution in [-0.4, -0.2) is 61.3 Å². The highest BCUT2D eigenvalue weighted by molar-refractivity contribution is 5.89. The second kappa shape index (κ2) is 9.97. The Morgan fingerprint density at radius 1 is 0.862 bits per heavy atom. The first-order valence-corrected chi connectivity index (χ1v) is 8.72. The topological polar surface area (TPSA) is 114 Å². The summed E-state index contributed by atoms with van der Waals surface area (Å²) in [5.74, 6) is -3.17. The van der Waals surface area contributed by atoms with E-state index >= 15 is 0 Å². The van der Waals surface area contributed by atoms with Crippen molar-refractivity contribution in [3.05, 3.63) is 35.9 Å². The minimum atomic E-state index is -2.21. The maximum Gasteiger partial charge on any atom is 0.338 e. The number of carbonyl (C=O) groups excluding carboxylic acids is 4. The molecule has 0 amide bonds. The molecule has 0 aliphatic carbocycles. The fraction of sp³-hybridized carbons (Fsp3) is 0.474. The highest BCUT2D eigenvalue weighted by atomic mass is 19.1. The largest absolute Gasteiger partial charge is 0.459 e. The molecule has 9 nitrogen and oxygen atoms in total. The number of carbonyl (C=O) groups is 4. The molecular formula is C19H21FO9. The van der Waals surface area contributed by atoms with Gasteiger partial charge in [-0.3, -0.25) is 14.4 Å². The first-order chi connectivity index (χ1) is 13.7. The molecule has 0 saturated carbocycles. The maximum atomic E-state index is 14.5. The molecule has 1 aromatic carbocycles. The van der Waals surface area contributed by atoms with E-state index in [2.05, 4.69) is 0 Å². The van der Waals surface area contributed by atoms with Gasteiger partial charge in [0.05, 0.1) is 5.56 Å². The minimum absolute atomic E-state index is 0.249. The molecule has 1 aromatic rings. The molecule has 1 fully saturated rings. The molecule has 158 valence electrons. The first kappa shape index (κ1) is 22.3. The Bertz CT molecular complexity index is 751. The third kappa shape index (κ3) is 6.24. The zero-order chi connectivity index (χ0) is 21.6. The van der Waals surface area contributed by atoms with Gasteiger partial charge in [-0.25, -0.2) is 9.18 Å². The van der Waals surface area contributed by atoms with Crippen molar-refractivity contribution in [1.29, 1.82) is 0 Å². The van der Waals surface area contributed by atoms with Gasteiger partial charge < -0.3 is 23.7 Å². The van der Waals surface area contributed by atoms with Crippen LogP contribution in [0.25, 0.3) is 0 Å². The molecule has 5 atom stereocenters. The summed E-state index contributed by atoms with van der Waals surface area (Å²) in [7, 11) is 0. The van der Waals surface area contributed by atoms with Gasteiger partial charge in [0.15, 0.2) is 18.3 Å². The highest BCUT2D eigenvalue weighted by Crippen LogP contribution is 2.29. The Labute approximate surface area is 166 Å². The molecule has 1 saturated heterocycles. The van der Waals surface area contributed by atoms with Crippen molar-refractivity contribution in [2.45, 2.75) is 51.5 Å². The third-order valence-corrected chi connectivity index (χ3v) is 3.87. The normalized spacial score (nSPS) is 26.1. The van der Waals surface area contributed by atoms with Crippen molar-refractivity contribution < 1.29 is 47.3 Å². The summed E-state index contributed by atoms with van der Waals surface area (Å²) in [4.78, 5) is 46.5. The van der Waals surface area contributed by atoms with E-state index in [4.69, 9.17) is 23.7 Å². The summed E-state index contributed by atoms with van der Waals surface area (Å²) < 4.78 is 39.8. The summed E-state index contributed by atoms with van der Waals surface area (Å²) in [6.45, 7) is 2.67. The molecule has 10 heteroatoms. The van der Waals surface area contributed by atoms with E-state index in [0.717, 1.165) is 20.8 Å². The Kier molecular flexibility index (Phi) is 7.66. The van der Waals surface area contributed by atoms with Crippen LogP contribution in [0.1, 0.15) is 31.1 Å². The van der Waals surface area contributed by atoms with Crippen molar-refractivity contribution in [2.75, 3.05) is 6.61 Å². The van der Waals surface area contributed by atoms with Gasteiger partial charge in [0, 0.05) is 20.8 Å². The summed E-state index contributed by atoms with van der Waals surface area (Å²) in [5.41, 5.74) is 0.249. The zero-order valence-electron chi connectivity index (χ0n) is 16.0. The van der Waals surface area contributed by atoms with Gasteiger partial charge in [-0.1, -0.05) is 18.2 Å². The van der Waals surface area contributed by atoms with E-state index in [1.54, 1.807) is 18.2 Å². The molecule has 0 unspecified atom stereocenters. The van der Waals surface area contributed by atoms with Crippen LogP contribution in [-0.2, 0) is 38.1 Å². The van der Waals surface area contributed by atoms with Crippen molar-refractivity contribution in [1.82, 2.24) is 0 Å². The zero-order valence-corrected chi connectivity index (χ0v) is 16.0. The van der Waals surface area contributed by atoms with Gasteiger partial charge in [-0.05, 0) is 12.1 Å². The van der Waals surface area contributed by atoms with Crippen LogP contribution in [0, 0.1) is 0 Å². The fourth-order valence-electron chi connectivity index (χ4n) is 2.79. The second-order valence-corrected chi connectivity index (χ2v) is 6.21. The van der Waals surface area contributed by atoms with Crippen molar-refractivity contribution in [2.24, 2.45) is 0 Å². The number of hydrogen-bond donors (Lipinski definition) is 0. The van der Waals surface area contributed by atoms with Crippen molar-refractivity contribution in [3.63, 3.8) is 0 Å². The first-order valence-electron chi connectivity index (χ1n) is 8.72. The van der Waals surface area contributed by atoms with Crippen LogP contribution in [0.15, 0.2) is 30.3 Å². The van der Waals surface area contributed by atoms with E-state index in [1.165, 1.54) is 12.1 Å². The molecule has 0 radical (unpaired) electrons. The Balaban J connectivity index is 2.22. The Morgan fingerprint density at radius 2 is 1.38 bits per heavy atom. The second-order valence-electron chi connectivity index (χ2n) is 6.21. The summed E-state index contributed by atoms with van der Waals surface area (Å²) in [5, 5.41) is 0. The van der Waals surface area contributed by atoms with Gasteiger partial charge in [0.1, 0.15) is 12.7 Å². The van der Waals surface area contributed by atoms with E-state index < -0.39 is 61.3 Å². The van der Waals surface area contributed by atoms with Crippen LogP contribution in [0.4, 0.5) is 4.39 Å². The molecule has 1 heterocycles. The van der Waals surface area contributed by atoms with Gasteiger partial charge >= 0.3 is 23.9 Å². The number of rotatable bonds is 6. The van der Waals surface area contributed by atoms with Crippen LogP contribution in [0.3, 0.4) is 0 Å². The number of hydrogen-bond acceptors (Lipinski definition) is 9.